The van der Waals surface area contributed by atoms with Gasteiger partial charge in [0.15, 0.2) is 0 Å². The van der Waals surface area contributed by atoms with Crippen molar-refractivity contribution < 1.29 is 9.47 Å². The fraction of sp³-hybridized carbons (Fsp3) is 0.647. The molecular weight excluding hydrogens is 264 g/mol. The fourth-order valence-corrected chi connectivity index (χ4v) is 2.84. The molecule has 0 aliphatic carbocycles. The summed E-state index contributed by atoms with van der Waals surface area (Å²) < 4.78 is 11.8. The molecule has 1 aromatic carbocycles. The van der Waals surface area contributed by atoms with Gasteiger partial charge in [0, 0.05) is 13.1 Å². The van der Waals surface area contributed by atoms with Gasteiger partial charge in [-0.1, -0.05) is 19.1 Å². The van der Waals surface area contributed by atoms with Crippen LogP contribution < -0.4 is 10.1 Å². The first-order valence-electron chi connectivity index (χ1n) is 7.91. The van der Waals surface area contributed by atoms with E-state index in [1.807, 2.05) is 27.0 Å². The second kappa shape index (κ2) is 7.78. The van der Waals surface area contributed by atoms with Gasteiger partial charge in [-0.3, -0.25) is 4.90 Å². The molecule has 1 aliphatic rings. The molecule has 21 heavy (non-hydrogen) atoms. The number of benzene rings is 1. The minimum Gasteiger partial charge on any atom is -0.491 e. The lowest BCUT2D eigenvalue weighted by Crippen LogP contribution is -2.47. The van der Waals surface area contributed by atoms with E-state index in [9.17, 15) is 0 Å². The lowest BCUT2D eigenvalue weighted by Gasteiger charge is -2.36. The SMILES string of the molecule is CCN1CCOC(C(NC)c2cccc(OC(C)C)c2)C1. The maximum Gasteiger partial charge on any atom is 0.120 e. The number of likely N-dealkylation sites (N-methyl/N-ethyl adjacent to an activating group) is 2. The van der Waals surface area contributed by atoms with Crippen LogP contribution in [-0.2, 0) is 4.74 Å². The van der Waals surface area contributed by atoms with E-state index in [1.54, 1.807) is 0 Å². The maximum absolute atomic E-state index is 5.99. The average Bonchev–Trinajstić information content (AvgIpc) is 2.48. The van der Waals surface area contributed by atoms with Gasteiger partial charge in [-0.05, 0) is 45.1 Å². The molecule has 1 aromatic rings. The first-order chi connectivity index (χ1) is 10.1. The molecule has 4 nitrogen and oxygen atoms in total. The Labute approximate surface area is 128 Å². The predicted molar refractivity (Wildman–Crippen MR) is 85.9 cm³/mol. The average molecular weight is 292 g/mol. The van der Waals surface area contributed by atoms with Crippen LogP contribution in [-0.4, -0.2) is 50.4 Å². The number of ether oxygens (including phenoxy) is 2. The van der Waals surface area contributed by atoms with Crippen molar-refractivity contribution in [3.63, 3.8) is 0 Å². The van der Waals surface area contributed by atoms with Crippen LogP contribution in [0.2, 0.25) is 0 Å². The highest BCUT2D eigenvalue weighted by Gasteiger charge is 2.28. The van der Waals surface area contributed by atoms with Crippen LogP contribution in [0.5, 0.6) is 5.75 Å². The Morgan fingerprint density at radius 3 is 2.90 bits per heavy atom. The highest BCUT2D eigenvalue weighted by Crippen LogP contribution is 2.25. The summed E-state index contributed by atoms with van der Waals surface area (Å²) >= 11 is 0. The number of hydrogen-bond acceptors (Lipinski definition) is 4. The van der Waals surface area contributed by atoms with E-state index in [0.29, 0.717) is 0 Å². The molecule has 1 fully saturated rings. The summed E-state index contributed by atoms with van der Waals surface area (Å²) in [6.45, 7) is 10.2. The van der Waals surface area contributed by atoms with E-state index in [-0.39, 0.29) is 18.2 Å². The van der Waals surface area contributed by atoms with Gasteiger partial charge >= 0.3 is 0 Å². The topological polar surface area (TPSA) is 33.7 Å². The first kappa shape index (κ1) is 16.3. The highest BCUT2D eigenvalue weighted by atomic mass is 16.5. The van der Waals surface area contributed by atoms with Gasteiger partial charge < -0.3 is 14.8 Å². The largest absolute Gasteiger partial charge is 0.491 e. The zero-order valence-corrected chi connectivity index (χ0v) is 13.6. The molecule has 0 spiro atoms. The number of rotatable bonds is 6. The Morgan fingerprint density at radius 2 is 2.24 bits per heavy atom. The molecule has 118 valence electrons. The second-order valence-electron chi connectivity index (χ2n) is 5.81. The normalized spacial score (nSPS) is 21.5. The van der Waals surface area contributed by atoms with Crippen LogP contribution in [0.25, 0.3) is 0 Å². The third-order valence-electron chi connectivity index (χ3n) is 3.90. The van der Waals surface area contributed by atoms with Crippen LogP contribution >= 0.6 is 0 Å². The van der Waals surface area contributed by atoms with Crippen molar-refractivity contribution in [1.29, 1.82) is 0 Å². The van der Waals surface area contributed by atoms with Crippen molar-refractivity contribution in [2.75, 3.05) is 33.3 Å². The molecule has 1 heterocycles. The Balaban J connectivity index is 2.12. The van der Waals surface area contributed by atoms with Gasteiger partial charge in [0.1, 0.15) is 5.75 Å². The number of hydrogen-bond donors (Lipinski definition) is 1. The Kier molecular flexibility index (Phi) is 6.03. The number of nitrogens with one attached hydrogen (secondary N) is 1. The van der Waals surface area contributed by atoms with E-state index in [4.69, 9.17) is 9.47 Å². The molecule has 2 rings (SSSR count). The Bertz CT molecular complexity index is 437. The van der Waals surface area contributed by atoms with Crippen molar-refractivity contribution in [3.05, 3.63) is 29.8 Å². The molecule has 2 unspecified atom stereocenters. The van der Waals surface area contributed by atoms with Gasteiger partial charge in [0.25, 0.3) is 0 Å². The minimum atomic E-state index is 0.179. The summed E-state index contributed by atoms with van der Waals surface area (Å²) in [6, 6.07) is 8.52. The smallest absolute Gasteiger partial charge is 0.120 e. The number of nitrogens with zero attached hydrogens (tertiary/aromatic N) is 1. The number of morpholine rings is 1. The standard InChI is InChI=1S/C17H28N2O2/c1-5-19-9-10-20-16(12-19)17(18-4)14-7-6-8-15(11-14)21-13(2)3/h6-8,11,13,16-18H,5,9-10,12H2,1-4H3. The van der Waals surface area contributed by atoms with Gasteiger partial charge in [-0.25, -0.2) is 0 Å². The van der Waals surface area contributed by atoms with Crippen molar-refractivity contribution in [3.8, 4) is 5.75 Å². The third kappa shape index (κ3) is 4.43. The summed E-state index contributed by atoms with van der Waals surface area (Å²) in [5.74, 6) is 0.922. The van der Waals surface area contributed by atoms with E-state index < -0.39 is 0 Å². The van der Waals surface area contributed by atoms with Crippen molar-refractivity contribution >= 4 is 0 Å². The van der Waals surface area contributed by atoms with Gasteiger partial charge in [-0.15, -0.1) is 0 Å². The van der Waals surface area contributed by atoms with E-state index in [1.165, 1.54) is 5.56 Å². The minimum absolute atomic E-state index is 0.179. The highest BCUT2D eigenvalue weighted by molar-refractivity contribution is 5.31. The molecule has 0 aromatic heterocycles. The summed E-state index contributed by atoms with van der Waals surface area (Å²) in [4.78, 5) is 2.44. The lowest BCUT2D eigenvalue weighted by atomic mass is 10.00. The first-order valence-corrected chi connectivity index (χ1v) is 7.91. The van der Waals surface area contributed by atoms with Crippen LogP contribution in [0.15, 0.2) is 24.3 Å². The summed E-state index contributed by atoms with van der Waals surface area (Å²) in [6.07, 6.45) is 0.368. The zero-order valence-electron chi connectivity index (χ0n) is 13.6. The van der Waals surface area contributed by atoms with Gasteiger partial charge in [-0.2, -0.15) is 0 Å². The molecular formula is C17H28N2O2. The van der Waals surface area contributed by atoms with Crippen LogP contribution in [0.4, 0.5) is 0 Å². The Hall–Kier alpha value is -1.10. The van der Waals surface area contributed by atoms with Gasteiger partial charge in [0.2, 0.25) is 0 Å². The molecule has 4 heteroatoms. The monoisotopic (exact) mass is 292 g/mol. The van der Waals surface area contributed by atoms with Crippen molar-refractivity contribution in [2.45, 2.75) is 39.0 Å². The lowest BCUT2D eigenvalue weighted by molar-refractivity contribution is -0.0444. The summed E-state index contributed by atoms with van der Waals surface area (Å²) in [5, 5.41) is 3.41. The molecule has 0 amide bonds. The maximum atomic E-state index is 5.99. The molecule has 1 saturated heterocycles. The Morgan fingerprint density at radius 1 is 1.43 bits per heavy atom. The van der Waals surface area contributed by atoms with E-state index >= 15 is 0 Å². The zero-order chi connectivity index (χ0) is 15.2. The predicted octanol–water partition coefficient (Wildman–Crippen LogP) is 2.46. The molecule has 1 aliphatic heterocycles. The van der Waals surface area contributed by atoms with Crippen LogP contribution in [0.3, 0.4) is 0 Å². The molecule has 0 radical (unpaired) electrons. The fourth-order valence-electron chi connectivity index (χ4n) is 2.84. The molecule has 1 N–H and O–H groups in total. The second-order valence-corrected chi connectivity index (χ2v) is 5.81. The van der Waals surface area contributed by atoms with Crippen LogP contribution in [0, 0.1) is 0 Å². The van der Waals surface area contributed by atoms with Crippen molar-refractivity contribution in [2.24, 2.45) is 0 Å². The summed E-state index contributed by atoms with van der Waals surface area (Å²) in [7, 11) is 1.99. The summed E-state index contributed by atoms with van der Waals surface area (Å²) in [5.41, 5.74) is 1.22. The molecule has 0 saturated carbocycles. The molecule has 0 bridgehead atoms. The van der Waals surface area contributed by atoms with Gasteiger partial charge in [0.05, 0.1) is 24.9 Å². The van der Waals surface area contributed by atoms with E-state index in [2.05, 4.69) is 35.3 Å². The van der Waals surface area contributed by atoms with E-state index in [0.717, 1.165) is 32.0 Å². The van der Waals surface area contributed by atoms with Crippen molar-refractivity contribution in [1.82, 2.24) is 10.2 Å². The van der Waals surface area contributed by atoms with Crippen LogP contribution in [0.1, 0.15) is 32.4 Å². The molecule has 2 atom stereocenters. The third-order valence-corrected chi connectivity index (χ3v) is 3.90. The quantitative estimate of drug-likeness (QED) is 0.873.